The third-order valence-electron chi connectivity index (χ3n) is 2.97. The minimum Gasteiger partial charge on any atom is -0.382 e. The van der Waals surface area contributed by atoms with Crippen LogP contribution < -0.4 is 11.1 Å². The Kier molecular flexibility index (Phi) is 14.0. The van der Waals surface area contributed by atoms with Crippen LogP contribution in [0.5, 0.6) is 0 Å². The monoisotopic (exact) mass is 286 g/mol. The number of nitrogens with zero attached hydrogens (tertiary/aromatic N) is 2. The molecular formula is C15H34N4O. The molecule has 0 aromatic carbocycles. The molecule has 0 aromatic heterocycles. The molecule has 0 saturated carbocycles. The van der Waals surface area contributed by atoms with Gasteiger partial charge in [-0.25, -0.2) is 0 Å². The van der Waals surface area contributed by atoms with Crippen molar-refractivity contribution in [1.82, 2.24) is 10.2 Å². The van der Waals surface area contributed by atoms with Gasteiger partial charge in [-0.3, -0.25) is 4.99 Å². The highest BCUT2D eigenvalue weighted by molar-refractivity contribution is 5.77. The Bertz CT molecular complexity index is 228. The van der Waals surface area contributed by atoms with Crippen LogP contribution in [0.15, 0.2) is 4.99 Å². The van der Waals surface area contributed by atoms with Crippen molar-refractivity contribution in [2.75, 3.05) is 45.9 Å². The summed E-state index contributed by atoms with van der Waals surface area (Å²) >= 11 is 0. The zero-order chi connectivity index (χ0) is 15.1. The maximum atomic E-state index is 5.81. The van der Waals surface area contributed by atoms with Crippen molar-refractivity contribution in [3.63, 3.8) is 0 Å². The first-order valence-corrected chi connectivity index (χ1v) is 8.08. The van der Waals surface area contributed by atoms with Crippen molar-refractivity contribution >= 4 is 5.96 Å². The Labute approximate surface area is 125 Å². The molecule has 0 aliphatic rings. The second kappa shape index (κ2) is 14.6. The van der Waals surface area contributed by atoms with Crippen LogP contribution in [0.2, 0.25) is 0 Å². The number of rotatable bonds is 13. The van der Waals surface area contributed by atoms with Crippen LogP contribution in [0.1, 0.15) is 46.5 Å². The van der Waals surface area contributed by atoms with Gasteiger partial charge in [0.15, 0.2) is 5.96 Å². The van der Waals surface area contributed by atoms with Gasteiger partial charge in [-0.1, -0.05) is 13.8 Å². The predicted molar refractivity (Wildman–Crippen MR) is 87.2 cm³/mol. The first kappa shape index (κ1) is 19.2. The van der Waals surface area contributed by atoms with Crippen LogP contribution in [0.25, 0.3) is 0 Å². The van der Waals surface area contributed by atoms with Crippen molar-refractivity contribution in [3.8, 4) is 0 Å². The average molecular weight is 286 g/mol. The minimum atomic E-state index is 0.555. The van der Waals surface area contributed by atoms with E-state index < -0.39 is 0 Å². The van der Waals surface area contributed by atoms with E-state index >= 15 is 0 Å². The fraction of sp³-hybridized carbons (Fsp3) is 0.933. The SMILES string of the molecule is CCCN(CCC)CCCNC(N)=NCCCOCC. The molecule has 0 amide bonds. The summed E-state index contributed by atoms with van der Waals surface area (Å²) in [5.41, 5.74) is 5.81. The van der Waals surface area contributed by atoms with Gasteiger partial charge in [-0.05, 0) is 52.2 Å². The Morgan fingerprint density at radius 2 is 1.80 bits per heavy atom. The molecule has 0 fully saturated rings. The van der Waals surface area contributed by atoms with Gasteiger partial charge in [-0.2, -0.15) is 0 Å². The number of ether oxygens (including phenoxy) is 1. The van der Waals surface area contributed by atoms with Gasteiger partial charge < -0.3 is 20.7 Å². The Morgan fingerprint density at radius 1 is 1.10 bits per heavy atom. The van der Waals surface area contributed by atoms with Gasteiger partial charge in [0.1, 0.15) is 0 Å². The van der Waals surface area contributed by atoms with Crippen LogP contribution >= 0.6 is 0 Å². The van der Waals surface area contributed by atoms with Gasteiger partial charge in [0.2, 0.25) is 0 Å². The molecule has 3 N–H and O–H groups in total. The first-order chi connectivity index (χ1) is 9.74. The molecule has 0 rings (SSSR count). The van der Waals surface area contributed by atoms with Gasteiger partial charge in [-0.15, -0.1) is 0 Å². The summed E-state index contributed by atoms with van der Waals surface area (Å²) in [4.78, 5) is 6.79. The molecule has 0 spiro atoms. The van der Waals surface area contributed by atoms with E-state index in [0.717, 1.165) is 45.7 Å². The summed E-state index contributed by atoms with van der Waals surface area (Å²) in [6.45, 7) is 13.1. The molecule has 0 heterocycles. The highest BCUT2D eigenvalue weighted by Gasteiger charge is 2.01. The highest BCUT2D eigenvalue weighted by atomic mass is 16.5. The number of aliphatic imine (C=N–C) groups is 1. The number of nitrogens with two attached hydrogens (primary N) is 1. The van der Waals surface area contributed by atoms with Crippen molar-refractivity contribution in [2.24, 2.45) is 10.7 Å². The van der Waals surface area contributed by atoms with Crippen LogP contribution in [-0.2, 0) is 4.74 Å². The van der Waals surface area contributed by atoms with E-state index in [9.17, 15) is 0 Å². The molecule has 20 heavy (non-hydrogen) atoms. The van der Waals surface area contributed by atoms with Crippen LogP contribution in [0.3, 0.4) is 0 Å². The molecule has 0 aromatic rings. The van der Waals surface area contributed by atoms with Gasteiger partial charge in [0, 0.05) is 26.3 Å². The summed E-state index contributed by atoms with van der Waals surface area (Å²) in [7, 11) is 0. The molecule has 0 aliphatic carbocycles. The average Bonchev–Trinajstić information content (AvgIpc) is 2.43. The Balaban J connectivity index is 3.58. The van der Waals surface area contributed by atoms with Gasteiger partial charge >= 0.3 is 0 Å². The molecular weight excluding hydrogens is 252 g/mol. The van der Waals surface area contributed by atoms with E-state index in [1.165, 1.54) is 25.9 Å². The largest absolute Gasteiger partial charge is 0.382 e. The lowest BCUT2D eigenvalue weighted by atomic mass is 10.3. The molecule has 0 saturated heterocycles. The fourth-order valence-corrected chi connectivity index (χ4v) is 2.05. The van der Waals surface area contributed by atoms with Crippen molar-refractivity contribution in [3.05, 3.63) is 0 Å². The smallest absolute Gasteiger partial charge is 0.188 e. The second-order valence-corrected chi connectivity index (χ2v) is 4.94. The van der Waals surface area contributed by atoms with E-state index in [1.807, 2.05) is 6.92 Å². The lowest BCUT2D eigenvalue weighted by Crippen LogP contribution is -2.35. The zero-order valence-electron chi connectivity index (χ0n) is 13.7. The molecule has 5 nitrogen and oxygen atoms in total. The summed E-state index contributed by atoms with van der Waals surface area (Å²) in [6, 6.07) is 0. The molecule has 0 unspecified atom stereocenters. The maximum absolute atomic E-state index is 5.81. The molecule has 0 bridgehead atoms. The topological polar surface area (TPSA) is 62.9 Å². The van der Waals surface area contributed by atoms with Crippen LogP contribution in [0.4, 0.5) is 0 Å². The summed E-state index contributed by atoms with van der Waals surface area (Å²) < 4.78 is 5.25. The van der Waals surface area contributed by atoms with Crippen molar-refractivity contribution in [1.29, 1.82) is 0 Å². The maximum Gasteiger partial charge on any atom is 0.188 e. The lowest BCUT2D eigenvalue weighted by Gasteiger charge is -2.20. The third-order valence-corrected chi connectivity index (χ3v) is 2.97. The highest BCUT2D eigenvalue weighted by Crippen LogP contribution is 1.95. The number of hydrogen-bond donors (Lipinski definition) is 2. The molecule has 120 valence electrons. The van der Waals surface area contributed by atoms with Gasteiger partial charge in [0.05, 0.1) is 0 Å². The molecule has 0 atom stereocenters. The standard InChI is InChI=1S/C15H34N4O/c1-4-11-19(12-5-2)13-7-9-17-15(16)18-10-8-14-20-6-3/h4-14H2,1-3H3,(H3,16,17,18). The van der Waals surface area contributed by atoms with E-state index in [4.69, 9.17) is 10.5 Å². The van der Waals surface area contributed by atoms with E-state index in [-0.39, 0.29) is 0 Å². The fourth-order valence-electron chi connectivity index (χ4n) is 2.05. The van der Waals surface area contributed by atoms with Crippen molar-refractivity contribution in [2.45, 2.75) is 46.5 Å². The third kappa shape index (κ3) is 12.2. The Morgan fingerprint density at radius 3 is 2.40 bits per heavy atom. The predicted octanol–water partition coefficient (Wildman–Crippen LogP) is 1.83. The summed E-state index contributed by atoms with van der Waals surface area (Å²) in [5.74, 6) is 0.555. The Hall–Kier alpha value is -0.810. The number of nitrogens with one attached hydrogen (secondary N) is 1. The van der Waals surface area contributed by atoms with E-state index in [1.54, 1.807) is 0 Å². The first-order valence-electron chi connectivity index (χ1n) is 8.08. The van der Waals surface area contributed by atoms with Crippen LogP contribution in [-0.4, -0.2) is 56.8 Å². The number of guanidine groups is 1. The van der Waals surface area contributed by atoms with Gasteiger partial charge in [0.25, 0.3) is 0 Å². The minimum absolute atomic E-state index is 0.555. The van der Waals surface area contributed by atoms with E-state index in [2.05, 4.69) is 29.1 Å². The summed E-state index contributed by atoms with van der Waals surface area (Å²) in [6.07, 6.45) is 4.47. The molecule has 0 radical (unpaired) electrons. The van der Waals surface area contributed by atoms with Crippen molar-refractivity contribution < 1.29 is 4.74 Å². The molecule has 5 heteroatoms. The molecule has 0 aliphatic heterocycles. The zero-order valence-corrected chi connectivity index (χ0v) is 13.7. The van der Waals surface area contributed by atoms with Crippen LogP contribution in [0, 0.1) is 0 Å². The quantitative estimate of drug-likeness (QED) is 0.308. The van der Waals surface area contributed by atoms with E-state index in [0.29, 0.717) is 5.96 Å². The lowest BCUT2D eigenvalue weighted by molar-refractivity contribution is 0.146. The summed E-state index contributed by atoms with van der Waals surface area (Å²) in [5, 5.41) is 3.17. The number of hydrogen-bond acceptors (Lipinski definition) is 3. The second-order valence-electron chi connectivity index (χ2n) is 4.94. The normalized spacial score (nSPS) is 12.1.